The SMILES string of the molecule is Cc1nn(C[NH+](C)Cc2ccc(C(F)(F)F)cc2)c(C)c1[N+](=O)[O-]. The van der Waals surface area contributed by atoms with Gasteiger partial charge in [0.15, 0.2) is 6.67 Å². The number of hydrogen-bond donors (Lipinski definition) is 1. The summed E-state index contributed by atoms with van der Waals surface area (Å²) in [5.74, 6) is 0. The molecule has 0 saturated heterocycles. The van der Waals surface area contributed by atoms with Crippen LogP contribution in [0.4, 0.5) is 18.9 Å². The number of rotatable bonds is 5. The molecule has 0 spiro atoms. The molecule has 1 unspecified atom stereocenters. The predicted octanol–water partition coefficient (Wildman–Crippen LogP) is 2.10. The normalized spacial score (nSPS) is 13.1. The fourth-order valence-electron chi connectivity index (χ4n) is 2.58. The van der Waals surface area contributed by atoms with Gasteiger partial charge < -0.3 is 4.90 Å². The lowest BCUT2D eigenvalue weighted by molar-refractivity contribution is -0.917. The first-order valence-corrected chi connectivity index (χ1v) is 7.25. The first-order valence-electron chi connectivity index (χ1n) is 7.25. The second kappa shape index (κ2) is 6.60. The minimum Gasteiger partial charge on any atom is -0.315 e. The van der Waals surface area contributed by atoms with Crippen LogP contribution in [0.1, 0.15) is 22.5 Å². The smallest absolute Gasteiger partial charge is 0.315 e. The molecule has 2 aromatic rings. The third-order valence-electron chi connectivity index (χ3n) is 3.73. The van der Waals surface area contributed by atoms with Gasteiger partial charge in [0, 0.05) is 5.56 Å². The maximum atomic E-state index is 12.5. The summed E-state index contributed by atoms with van der Waals surface area (Å²) in [5.41, 5.74) is 0.871. The van der Waals surface area contributed by atoms with Crippen LogP contribution in [0.25, 0.3) is 0 Å². The average molecular weight is 343 g/mol. The number of nitrogens with one attached hydrogen (secondary N) is 1. The van der Waals surface area contributed by atoms with Crippen LogP contribution < -0.4 is 4.90 Å². The average Bonchev–Trinajstić information content (AvgIpc) is 2.72. The van der Waals surface area contributed by atoms with Crippen molar-refractivity contribution in [3.63, 3.8) is 0 Å². The summed E-state index contributed by atoms with van der Waals surface area (Å²) >= 11 is 0. The van der Waals surface area contributed by atoms with Gasteiger partial charge in [0.2, 0.25) is 0 Å². The number of hydrogen-bond acceptors (Lipinski definition) is 3. The van der Waals surface area contributed by atoms with Gasteiger partial charge in [0.05, 0.1) is 17.5 Å². The van der Waals surface area contributed by atoms with E-state index in [-0.39, 0.29) is 5.69 Å². The maximum absolute atomic E-state index is 12.5. The van der Waals surface area contributed by atoms with Gasteiger partial charge in [0.1, 0.15) is 17.9 Å². The number of halogens is 3. The summed E-state index contributed by atoms with van der Waals surface area (Å²) in [5, 5.41) is 15.2. The van der Waals surface area contributed by atoms with E-state index in [1.165, 1.54) is 12.1 Å². The van der Waals surface area contributed by atoms with Crippen molar-refractivity contribution in [3.05, 3.63) is 56.9 Å². The van der Waals surface area contributed by atoms with E-state index >= 15 is 0 Å². The van der Waals surface area contributed by atoms with E-state index in [2.05, 4.69) is 5.10 Å². The Balaban J connectivity index is 2.07. The summed E-state index contributed by atoms with van der Waals surface area (Å²) in [6.07, 6.45) is -4.35. The minimum absolute atomic E-state index is 0.00247. The Bertz CT molecular complexity index is 738. The van der Waals surface area contributed by atoms with Crippen LogP contribution >= 0.6 is 0 Å². The molecule has 0 aliphatic rings. The molecule has 1 atom stereocenters. The first kappa shape index (κ1) is 17.9. The molecular weight excluding hydrogens is 325 g/mol. The molecule has 0 radical (unpaired) electrons. The first-order chi connectivity index (χ1) is 11.1. The molecule has 0 bridgehead atoms. The van der Waals surface area contributed by atoms with E-state index in [1.54, 1.807) is 18.5 Å². The summed E-state index contributed by atoms with van der Waals surface area (Å²) in [6, 6.07) is 4.99. The van der Waals surface area contributed by atoms with Crippen LogP contribution in [-0.2, 0) is 19.4 Å². The van der Waals surface area contributed by atoms with E-state index in [4.69, 9.17) is 0 Å². The van der Waals surface area contributed by atoms with Crippen molar-refractivity contribution in [2.24, 2.45) is 0 Å². The molecule has 1 heterocycles. The second-order valence-electron chi connectivity index (χ2n) is 5.76. The highest BCUT2D eigenvalue weighted by Gasteiger charge is 2.30. The molecule has 0 aliphatic carbocycles. The van der Waals surface area contributed by atoms with Gasteiger partial charge in [-0.15, -0.1) is 0 Å². The van der Waals surface area contributed by atoms with Gasteiger partial charge in [-0.05, 0) is 26.0 Å². The molecule has 24 heavy (non-hydrogen) atoms. The predicted molar refractivity (Wildman–Crippen MR) is 80.4 cm³/mol. The molecule has 2 rings (SSSR count). The maximum Gasteiger partial charge on any atom is 0.416 e. The quantitative estimate of drug-likeness (QED) is 0.668. The molecule has 9 heteroatoms. The number of quaternary nitrogens is 1. The van der Waals surface area contributed by atoms with E-state index < -0.39 is 16.7 Å². The van der Waals surface area contributed by atoms with Crippen molar-refractivity contribution in [1.82, 2.24) is 9.78 Å². The van der Waals surface area contributed by atoms with Crippen molar-refractivity contribution < 1.29 is 23.0 Å². The highest BCUT2D eigenvalue weighted by atomic mass is 19.4. The van der Waals surface area contributed by atoms with E-state index in [1.807, 2.05) is 7.05 Å². The fraction of sp³-hybridized carbons (Fsp3) is 0.400. The van der Waals surface area contributed by atoms with Crippen molar-refractivity contribution in [3.8, 4) is 0 Å². The van der Waals surface area contributed by atoms with E-state index in [9.17, 15) is 23.3 Å². The Morgan fingerprint density at radius 3 is 2.29 bits per heavy atom. The minimum atomic E-state index is -4.35. The van der Waals surface area contributed by atoms with Gasteiger partial charge in [-0.3, -0.25) is 10.1 Å². The molecule has 1 N–H and O–H groups in total. The summed E-state index contributed by atoms with van der Waals surface area (Å²) in [4.78, 5) is 11.5. The molecular formula is C15H18F3N4O2+. The Labute approximate surface area is 136 Å². The Hall–Kier alpha value is -2.42. The third-order valence-corrected chi connectivity index (χ3v) is 3.73. The lowest BCUT2D eigenvalue weighted by Crippen LogP contribution is -3.07. The van der Waals surface area contributed by atoms with Crippen molar-refractivity contribution >= 4 is 5.69 Å². The van der Waals surface area contributed by atoms with Crippen LogP contribution in [-0.4, -0.2) is 21.8 Å². The van der Waals surface area contributed by atoms with Gasteiger partial charge in [-0.1, -0.05) is 12.1 Å². The standard InChI is InChI=1S/C15H17F3N4O2/c1-10-14(22(23)24)11(2)21(19-10)9-20(3)8-12-4-6-13(7-5-12)15(16,17)18/h4-7H,8-9H2,1-3H3/p+1. The van der Waals surface area contributed by atoms with Crippen molar-refractivity contribution in [1.29, 1.82) is 0 Å². The molecule has 1 aromatic heterocycles. The summed E-state index contributed by atoms with van der Waals surface area (Å²) < 4.78 is 39.2. The summed E-state index contributed by atoms with van der Waals surface area (Å²) in [6.45, 7) is 4.06. The molecule has 6 nitrogen and oxygen atoms in total. The van der Waals surface area contributed by atoms with Crippen molar-refractivity contribution in [2.75, 3.05) is 7.05 Å². The number of alkyl halides is 3. The molecule has 0 amide bonds. The fourth-order valence-corrected chi connectivity index (χ4v) is 2.58. The van der Waals surface area contributed by atoms with Crippen LogP contribution in [0.15, 0.2) is 24.3 Å². The monoisotopic (exact) mass is 343 g/mol. The zero-order valence-corrected chi connectivity index (χ0v) is 13.5. The molecule has 130 valence electrons. The lowest BCUT2D eigenvalue weighted by Gasteiger charge is -2.15. The van der Waals surface area contributed by atoms with E-state index in [0.29, 0.717) is 24.6 Å². The Morgan fingerprint density at radius 2 is 1.83 bits per heavy atom. The number of nitrogens with zero attached hydrogens (tertiary/aromatic N) is 3. The number of benzene rings is 1. The highest BCUT2D eigenvalue weighted by molar-refractivity contribution is 5.39. The lowest BCUT2D eigenvalue weighted by atomic mass is 10.1. The van der Waals surface area contributed by atoms with E-state index in [0.717, 1.165) is 22.6 Å². The zero-order valence-electron chi connectivity index (χ0n) is 13.5. The largest absolute Gasteiger partial charge is 0.416 e. The molecule has 0 aliphatic heterocycles. The zero-order chi connectivity index (χ0) is 18.1. The van der Waals surface area contributed by atoms with Crippen molar-refractivity contribution in [2.45, 2.75) is 33.2 Å². The number of aryl methyl sites for hydroxylation is 1. The Kier molecular flexibility index (Phi) is 4.93. The molecule has 1 aromatic carbocycles. The van der Waals surface area contributed by atoms with Crippen LogP contribution in [0.3, 0.4) is 0 Å². The highest BCUT2D eigenvalue weighted by Crippen LogP contribution is 2.29. The molecule has 0 fully saturated rings. The summed E-state index contributed by atoms with van der Waals surface area (Å²) in [7, 11) is 1.85. The number of aromatic nitrogens is 2. The van der Waals surface area contributed by atoms with Gasteiger partial charge >= 0.3 is 11.9 Å². The molecule has 0 saturated carbocycles. The van der Waals surface area contributed by atoms with Crippen LogP contribution in [0.5, 0.6) is 0 Å². The van der Waals surface area contributed by atoms with Crippen LogP contribution in [0.2, 0.25) is 0 Å². The second-order valence-corrected chi connectivity index (χ2v) is 5.76. The topological polar surface area (TPSA) is 65.4 Å². The van der Waals surface area contributed by atoms with Crippen LogP contribution in [0, 0.1) is 24.0 Å². The Morgan fingerprint density at radius 1 is 1.25 bits per heavy atom. The van der Waals surface area contributed by atoms with Gasteiger partial charge in [-0.25, -0.2) is 4.68 Å². The van der Waals surface area contributed by atoms with Gasteiger partial charge in [0.25, 0.3) is 0 Å². The number of nitro groups is 1. The van der Waals surface area contributed by atoms with Gasteiger partial charge in [-0.2, -0.15) is 18.3 Å². The third kappa shape index (κ3) is 3.91.